The third kappa shape index (κ3) is 2.27. The van der Waals surface area contributed by atoms with Crippen molar-refractivity contribution >= 4 is 5.97 Å². The fourth-order valence-corrected chi connectivity index (χ4v) is 1.57. The minimum absolute atomic E-state index is 0.403. The molecule has 0 aliphatic heterocycles. The second-order valence-corrected chi connectivity index (χ2v) is 3.20. The summed E-state index contributed by atoms with van der Waals surface area (Å²) in [6, 6.07) is 3.32. The molecular weight excluding hydrogens is 208 g/mol. The highest BCUT2D eigenvalue weighted by Gasteiger charge is 2.15. The van der Waals surface area contributed by atoms with Crippen LogP contribution in [0, 0.1) is 0 Å². The van der Waals surface area contributed by atoms with Gasteiger partial charge in [-0.15, -0.1) is 0 Å². The Morgan fingerprint density at radius 3 is 1.94 bits per heavy atom. The molecule has 88 valence electrons. The predicted molar refractivity (Wildman–Crippen MR) is 60.3 cm³/mol. The van der Waals surface area contributed by atoms with E-state index in [-0.39, 0.29) is 0 Å². The summed E-state index contributed by atoms with van der Waals surface area (Å²) < 4.78 is 15.1. The smallest absolute Gasteiger partial charge is 0.338 e. The first-order valence-corrected chi connectivity index (χ1v) is 5.01. The van der Waals surface area contributed by atoms with Crippen molar-refractivity contribution in [1.29, 1.82) is 0 Å². The average molecular weight is 224 g/mol. The molecule has 16 heavy (non-hydrogen) atoms. The molecule has 4 heteroatoms. The zero-order chi connectivity index (χ0) is 12.1. The standard InChI is InChI=1S/C12H16O4/c1-5-9-10(14-2)6-8(12(13)16-4)7-11(9)15-3/h6-7H,5H2,1-4H3. The molecule has 0 aliphatic carbocycles. The van der Waals surface area contributed by atoms with E-state index in [0.29, 0.717) is 17.1 Å². The molecule has 0 bridgehead atoms. The van der Waals surface area contributed by atoms with Crippen LogP contribution in [0.1, 0.15) is 22.8 Å². The Hall–Kier alpha value is -1.71. The minimum atomic E-state index is -0.403. The molecule has 0 heterocycles. The van der Waals surface area contributed by atoms with Crippen LogP contribution in [-0.2, 0) is 11.2 Å². The van der Waals surface area contributed by atoms with Gasteiger partial charge in [-0.1, -0.05) is 6.92 Å². The van der Waals surface area contributed by atoms with Crippen molar-refractivity contribution < 1.29 is 19.0 Å². The third-order valence-electron chi connectivity index (χ3n) is 2.38. The number of hydrogen-bond donors (Lipinski definition) is 0. The first kappa shape index (κ1) is 12.4. The van der Waals surface area contributed by atoms with E-state index in [1.807, 2.05) is 6.92 Å². The van der Waals surface area contributed by atoms with E-state index in [4.69, 9.17) is 9.47 Å². The van der Waals surface area contributed by atoms with Gasteiger partial charge < -0.3 is 14.2 Å². The van der Waals surface area contributed by atoms with Gasteiger partial charge in [0.05, 0.1) is 26.9 Å². The van der Waals surface area contributed by atoms with Crippen LogP contribution in [0.4, 0.5) is 0 Å². The van der Waals surface area contributed by atoms with Crippen molar-refractivity contribution in [2.24, 2.45) is 0 Å². The normalized spacial score (nSPS) is 9.75. The number of benzene rings is 1. The van der Waals surface area contributed by atoms with Crippen LogP contribution in [0.15, 0.2) is 12.1 Å². The summed E-state index contributed by atoms with van der Waals surface area (Å²) in [5.41, 5.74) is 1.37. The molecule has 0 spiro atoms. The summed E-state index contributed by atoms with van der Waals surface area (Å²) in [7, 11) is 4.47. The summed E-state index contributed by atoms with van der Waals surface area (Å²) >= 11 is 0. The number of ether oxygens (including phenoxy) is 3. The van der Waals surface area contributed by atoms with Crippen LogP contribution in [0.3, 0.4) is 0 Å². The minimum Gasteiger partial charge on any atom is -0.496 e. The molecule has 0 aromatic heterocycles. The molecular formula is C12H16O4. The maximum absolute atomic E-state index is 11.4. The molecule has 0 saturated carbocycles. The van der Waals surface area contributed by atoms with Crippen LogP contribution in [0.2, 0.25) is 0 Å². The molecule has 0 saturated heterocycles. The lowest BCUT2D eigenvalue weighted by Gasteiger charge is -2.13. The molecule has 0 amide bonds. The maximum Gasteiger partial charge on any atom is 0.338 e. The highest BCUT2D eigenvalue weighted by atomic mass is 16.5. The lowest BCUT2D eigenvalue weighted by molar-refractivity contribution is 0.0600. The van der Waals surface area contributed by atoms with Gasteiger partial charge in [-0.2, -0.15) is 0 Å². The van der Waals surface area contributed by atoms with Gasteiger partial charge in [-0.05, 0) is 18.6 Å². The Morgan fingerprint density at radius 1 is 1.12 bits per heavy atom. The van der Waals surface area contributed by atoms with Gasteiger partial charge in [-0.3, -0.25) is 0 Å². The Balaban J connectivity index is 3.31. The SMILES string of the molecule is CCc1c(OC)cc(C(=O)OC)cc1OC. The number of carbonyl (C=O) groups excluding carboxylic acids is 1. The van der Waals surface area contributed by atoms with Gasteiger partial charge in [0.25, 0.3) is 0 Å². The predicted octanol–water partition coefficient (Wildman–Crippen LogP) is 2.05. The number of rotatable bonds is 4. The maximum atomic E-state index is 11.4. The summed E-state index contributed by atoms with van der Waals surface area (Å²) in [4.78, 5) is 11.4. The third-order valence-corrected chi connectivity index (χ3v) is 2.38. The monoisotopic (exact) mass is 224 g/mol. The van der Waals surface area contributed by atoms with Crippen molar-refractivity contribution in [2.75, 3.05) is 21.3 Å². The second kappa shape index (κ2) is 5.39. The molecule has 0 radical (unpaired) electrons. The van der Waals surface area contributed by atoms with Crippen LogP contribution in [-0.4, -0.2) is 27.3 Å². The van der Waals surface area contributed by atoms with E-state index < -0.39 is 5.97 Å². The molecule has 0 unspecified atom stereocenters. The van der Waals surface area contributed by atoms with Crippen molar-refractivity contribution in [3.05, 3.63) is 23.3 Å². The van der Waals surface area contributed by atoms with Crippen LogP contribution in [0.5, 0.6) is 11.5 Å². The van der Waals surface area contributed by atoms with Gasteiger partial charge in [0, 0.05) is 5.56 Å². The Bertz CT molecular complexity index is 360. The van der Waals surface area contributed by atoms with Crippen molar-refractivity contribution in [2.45, 2.75) is 13.3 Å². The lowest BCUT2D eigenvalue weighted by atomic mass is 10.1. The van der Waals surface area contributed by atoms with Crippen molar-refractivity contribution in [1.82, 2.24) is 0 Å². The van der Waals surface area contributed by atoms with Gasteiger partial charge in [0.2, 0.25) is 0 Å². The number of carbonyl (C=O) groups is 1. The largest absolute Gasteiger partial charge is 0.496 e. The quantitative estimate of drug-likeness (QED) is 0.734. The Labute approximate surface area is 95.1 Å². The van der Waals surface area contributed by atoms with E-state index >= 15 is 0 Å². The number of methoxy groups -OCH3 is 3. The highest BCUT2D eigenvalue weighted by Crippen LogP contribution is 2.31. The van der Waals surface area contributed by atoms with Crippen LogP contribution >= 0.6 is 0 Å². The van der Waals surface area contributed by atoms with E-state index in [2.05, 4.69) is 4.74 Å². The average Bonchev–Trinajstić information content (AvgIpc) is 2.35. The van der Waals surface area contributed by atoms with Crippen LogP contribution < -0.4 is 9.47 Å². The van der Waals surface area contributed by atoms with E-state index in [1.54, 1.807) is 26.4 Å². The fourth-order valence-electron chi connectivity index (χ4n) is 1.57. The molecule has 1 aromatic carbocycles. The molecule has 0 fully saturated rings. The summed E-state index contributed by atoms with van der Waals surface area (Å²) in [5, 5.41) is 0. The number of hydrogen-bond acceptors (Lipinski definition) is 4. The zero-order valence-electron chi connectivity index (χ0n) is 9.99. The topological polar surface area (TPSA) is 44.8 Å². The van der Waals surface area contributed by atoms with Crippen molar-refractivity contribution in [3.63, 3.8) is 0 Å². The van der Waals surface area contributed by atoms with E-state index in [1.165, 1.54) is 7.11 Å². The summed E-state index contributed by atoms with van der Waals surface area (Å²) in [6.07, 6.45) is 0.772. The highest BCUT2D eigenvalue weighted by molar-refractivity contribution is 5.90. The van der Waals surface area contributed by atoms with E-state index in [0.717, 1.165) is 12.0 Å². The summed E-state index contributed by atoms with van der Waals surface area (Å²) in [5.74, 6) is 0.878. The number of esters is 1. The fraction of sp³-hybridized carbons (Fsp3) is 0.417. The van der Waals surface area contributed by atoms with Crippen molar-refractivity contribution in [3.8, 4) is 11.5 Å². The molecule has 1 rings (SSSR count). The lowest BCUT2D eigenvalue weighted by Crippen LogP contribution is -2.04. The molecule has 0 aliphatic rings. The van der Waals surface area contributed by atoms with Gasteiger partial charge in [-0.25, -0.2) is 4.79 Å². The van der Waals surface area contributed by atoms with Gasteiger partial charge in [0.15, 0.2) is 0 Å². The first-order valence-electron chi connectivity index (χ1n) is 5.01. The Morgan fingerprint density at radius 2 is 1.62 bits per heavy atom. The molecule has 1 aromatic rings. The van der Waals surface area contributed by atoms with Gasteiger partial charge >= 0.3 is 5.97 Å². The molecule has 0 atom stereocenters. The Kier molecular flexibility index (Phi) is 4.17. The molecule has 4 nitrogen and oxygen atoms in total. The zero-order valence-corrected chi connectivity index (χ0v) is 9.99. The summed E-state index contributed by atoms with van der Waals surface area (Å²) in [6.45, 7) is 2.00. The second-order valence-electron chi connectivity index (χ2n) is 3.20. The van der Waals surface area contributed by atoms with Gasteiger partial charge in [0.1, 0.15) is 11.5 Å². The van der Waals surface area contributed by atoms with Crippen LogP contribution in [0.25, 0.3) is 0 Å². The molecule has 0 N–H and O–H groups in total. The first-order chi connectivity index (χ1) is 7.67. The van der Waals surface area contributed by atoms with E-state index in [9.17, 15) is 4.79 Å².